The first-order valence-corrected chi connectivity index (χ1v) is 6.42. The number of aromatic nitrogens is 1. The van der Waals surface area contributed by atoms with E-state index in [0.717, 1.165) is 0 Å². The van der Waals surface area contributed by atoms with Crippen LogP contribution in [0.4, 0.5) is 5.82 Å². The number of hydrogen-bond acceptors (Lipinski definition) is 5. The van der Waals surface area contributed by atoms with Crippen LogP contribution < -0.4 is 20.6 Å². The largest absolute Gasteiger partial charge is 0.493 e. The Bertz CT molecular complexity index is 759. The number of rotatable bonds is 4. The zero-order chi connectivity index (χ0) is 16.3. The molecule has 0 unspecified atom stereocenters. The standard InChI is InChI=1S/C15H16N4O3/c1-9-8-19(14(17)11(9)7-16)18-15(20)10-4-5-12(21-2)13(6-10)22-3/h4-6,8H,17H2,1-3H3,(H,18,20). The average Bonchev–Trinajstić information content (AvgIpc) is 2.79. The number of methoxy groups -OCH3 is 2. The van der Waals surface area contributed by atoms with Gasteiger partial charge in [-0.15, -0.1) is 0 Å². The zero-order valence-corrected chi connectivity index (χ0v) is 12.5. The molecule has 0 aliphatic heterocycles. The Balaban J connectivity index is 2.28. The third-order valence-electron chi connectivity index (χ3n) is 3.21. The van der Waals surface area contributed by atoms with Gasteiger partial charge in [0.05, 0.1) is 19.8 Å². The Morgan fingerprint density at radius 2 is 2.00 bits per heavy atom. The molecule has 22 heavy (non-hydrogen) atoms. The molecule has 0 saturated heterocycles. The number of nitrogen functional groups attached to an aromatic ring is 1. The van der Waals surface area contributed by atoms with Gasteiger partial charge in [-0.05, 0) is 30.7 Å². The van der Waals surface area contributed by atoms with Gasteiger partial charge in [0.2, 0.25) is 0 Å². The summed E-state index contributed by atoms with van der Waals surface area (Å²) in [5, 5.41) is 9.00. The highest BCUT2D eigenvalue weighted by molar-refractivity contribution is 6.00. The molecule has 2 aromatic rings. The van der Waals surface area contributed by atoms with Gasteiger partial charge in [0.15, 0.2) is 11.5 Å². The van der Waals surface area contributed by atoms with E-state index in [1.165, 1.54) is 18.9 Å². The number of nitrogens with one attached hydrogen (secondary N) is 1. The average molecular weight is 300 g/mol. The summed E-state index contributed by atoms with van der Waals surface area (Å²) in [7, 11) is 3.01. The van der Waals surface area contributed by atoms with Gasteiger partial charge in [-0.2, -0.15) is 5.26 Å². The van der Waals surface area contributed by atoms with Gasteiger partial charge in [0, 0.05) is 11.8 Å². The molecule has 7 heteroatoms. The molecule has 0 atom stereocenters. The lowest BCUT2D eigenvalue weighted by molar-refractivity contribution is 0.101. The Kier molecular flexibility index (Phi) is 4.23. The van der Waals surface area contributed by atoms with E-state index >= 15 is 0 Å². The molecule has 0 spiro atoms. The molecular weight excluding hydrogens is 284 g/mol. The molecular formula is C15H16N4O3. The molecule has 1 amide bonds. The fourth-order valence-corrected chi connectivity index (χ4v) is 2.04. The van der Waals surface area contributed by atoms with Gasteiger partial charge >= 0.3 is 0 Å². The lowest BCUT2D eigenvalue weighted by atomic mass is 10.2. The van der Waals surface area contributed by atoms with Crippen molar-refractivity contribution in [2.24, 2.45) is 0 Å². The molecule has 1 heterocycles. The van der Waals surface area contributed by atoms with Crippen LogP contribution in [-0.4, -0.2) is 24.8 Å². The molecule has 0 saturated carbocycles. The molecule has 114 valence electrons. The maximum absolute atomic E-state index is 12.3. The quantitative estimate of drug-likeness (QED) is 0.893. The Morgan fingerprint density at radius 1 is 1.32 bits per heavy atom. The number of nitrogens with two attached hydrogens (primary N) is 1. The van der Waals surface area contributed by atoms with E-state index in [-0.39, 0.29) is 11.7 Å². The van der Waals surface area contributed by atoms with Gasteiger partial charge in [0.25, 0.3) is 5.91 Å². The lowest BCUT2D eigenvalue weighted by Crippen LogP contribution is -2.23. The SMILES string of the molecule is COc1ccc(C(=O)Nn2cc(C)c(C#N)c2N)cc1OC. The minimum Gasteiger partial charge on any atom is -0.493 e. The predicted molar refractivity (Wildman–Crippen MR) is 81.5 cm³/mol. The molecule has 1 aromatic carbocycles. The summed E-state index contributed by atoms with van der Waals surface area (Å²) < 4.78 is 11.6. The van der Waals surface area contributed by atoms with E-state index in [4.69, 9.17) is 20.5 Å². The van der Waals surface area contributed by atoms with Crippen LogP contribution in [0.3, 0.4) is 0 Å². The van der Waals surface area contributed by atoms with Crippen LogP contribution in [0.25, 0.3) is 0 Å². The van der Waals surface area contributed by atoms with Crippen LogP contribution >= 0.6 is 0 Å². The number of hydrogen-bond donors (Lipinski definition) is 2. The van der Waals surface area contributed by atoms with Crippen LogP contribution in [0.2, 0.25) is 0 Å². The second kappa shape index (κ2) is 6.10. The van der Waals surface area contributed by atoms with E-state index in [0.29, 0.717) is 28.2 Å². The molecule has 2 rings (SSSR count). The molecule has 7 nitrogen and oxygen atoms in total. The van der Waals surface area contributed by atoms with Gasteiger partial charge in [0.1, 0.15) is 11.9 Å². The topological polar surface area (TPSA) is 102 Å². The van der Waals surface area contributed by atoms with Gasteiger partial charge < -0.3 is 15.2 Å². The molecule has 0 bridgehead atoms. The van der Waals surface area contributed by atoms with E-state index in [1.54, 1.807) is 31.3 Å². The lowest BCUT2D eigenvalue weighted by Gasteiger charge is -2.11. The van der Waals surface area contributed by atoms with Crippen molar-refractivity contribution in [1.29, 1.82) is 5.26 Å². The Labute approximate surface area is 127 Å². The molecule has 1 aromatic heterocycles. The fraction of sp³-hybridized carbons (Fsp3) is 0.200. The first-order valence-electron chi connectivity index (χ1n) is 6.42. The van der Waals surface area contributed by atoms with Crippen molar-refractivity contribution >= 4 is 11.7 Å². The van der Waals surface area contributed by atoms with Crippen LogP contribution in [-0.2, 0) is 0 Å². The van der Waals surface area contributed by atoms with E-state index < -0.39 is 0 Å². The predicted octanol–water partition coefficient (Wildman–Crippen LogP) is 1.65. The summed E-state index contributed by atoms with van der Waals surface area (Å²) in [4.78, 5) is 12.3. The van der Waals surface area contributed by atoms with Crippen molar-refractivity contribution in [2.45, 2.75) is 6.92 Å². The number of carbonyl (C=O) groups is 1. The van der Waals surface area contributed by atoms with Crippen molar-refractivity contribution in [3.63, 3.8) is 0 Å². The van der Waals surface area contributed by atoms with E-state index in [9.17, 15) is 4.79 Å². The molecule has 0 aliphatic carbocycles. The minimum atomic E-state index is -0.382. The fourth-order valence-electron chi connectivity index (χ4n) is 2.04. The Morgan fingerprint density at radius 3 is 2.55 bits per heavy atom. The van der Waals surface area contributed by atoms with Crippen molar-refractivity contribution in [2.75, 3.05) is 25.4 Å². The highest BCUT2D eigenvalue weighted by Crippen LogP contribution is 2.27. The number of benzene rings is 1. The van der Waals surface area contributed by atoms with Gasteiger partial charge in [-0.25, -0.2) is 4.68 Å². The summed E-state index contributed by atoms with van der Waals surface area (Å²) in [6.07, 6.45) is 1.59. The maximum atomic E-state index is 12.3. The summed E-state index contributed by atoms with van der Waals surface area (Å²) in [5.74, 6) is 0.785. The number of amides is 1. The zero-order valence-electron chi connectivity index (χ0n) is 12.5. The third kappa shape index (κ3) is 2.67. The first kappa shape index (κ1) is 15.3. The molecule has 0 aliphatic rings. The highest BCUT2D eigenvalue weighted by Gasteiger charge is 2.14. The van der Waals surface area contributed by atoms with Crippen molar-refractivity contribution < 1.29 is 14.3 Å². The summed E-state index contributed by atoms with van der Waals surface area (Å²) in [6.45, 7) is 1.74. The monoisotopic (exact) mass is 300 g/mol. The van der Waals surface area contributed by atoms with Gasteiger partial charge in [-0.3, -0.25) is 10.2 Å². The second-order valence-electron chi connectivity index (χ2n) is 4.56. The van der Waals surface area contributed by atoms with Crippen LogP contribution in [0.15, 0.2) is 24.4 Å². The molecule has 3 N–H and O–H groups in total. The van der Waals surface area contributed by atoms with Crippen molar-refractivity contribution in [1.82, 2.24) is 4.68 Å². The Hall–Kier alpha value is -3.14. The van der Waals surface area contributed by atoms with Crippen molar-refractivity contribution in [3.05, 3.63) is 41.1 Å². The highest BCUT2D eigenvalue weighted by atomic mass is 16.5. The number of anilines is 1. The smallest absolute Gasteiger partial charge is 0.270 e. The second-order valence-corrected chi connectivity index (χ2v) is 4.56. The number of nitrogens with zero attached hydrogens (tertiary/aromatic N) is 2. The minimum absolute atomic E-state index is 0.189. The van der Waals surface area contributed by atoms with Gasteiger partial charge in [-0.1, -0.05) is 0 Å². The number of aryl methyl sites for hydroxylation is 1. The summed E-state index contributed by atoms with van der Waals surface area (Å²) in [5.41, 5.74) is 9.84. The van der Waals surface area contributed by atoms with E-state index in [2.05, 4.69) is 5.43 Å². The summed E-state index contributed by atoms with van der Waals surface area (Å²) >= 11 is 0. The number of ether oxygens (including phenoxy) is 2. The van der Waals surface area contributed by atoms with Crippen LogP contribution in [0, 0.1) is 18.3 Å². The third-order valence-corrected chi connectivity index (χ3v) is 3.21. The maximum Gasteiger partial charge on any atom is 0.270 e. The van der Waals surface area contributed by atoms with Crippen LogP contribution in [0.1, 0.15) is 21.5 Å². The summed E-state index contributed by atoms with van der Waals surface area (Å²) in [6, 6.07) is 6.80. The molecule has 0 fully saturated rings. The molecule has 0 radical (unpaired) electrons. The van der Waals surface area contributed by atoms with E-state index in [1.807, 2.05) is 6.07 Å². The van der Waals surface area contributed by atoms with Crippen LogP contribution in [0.5, 0.6) is 11.5 Å². The number of nitriles is 1. The normalized spacial score (nSPS) is 9.91. The first-order chi connectivity index (χ1) is 10.5. The number of carbonyl (C=O) groups excluding carboxylic acids is 1. The van der Waals surface area contributed by atoms with Crippen molar-refractivity contribution in [3.8, 4) is 17.6 Å².